The molecule has 0 aliphatic rings. The van der Waals surface area contributed by atoms with Gasteiger partial charge in [0, 0.05) is 5.56 Å². The Morgan fingerprint density at radius 1 is 1.40 bits per heavy atom. The minimum Gasteiger partial charge on any atom is -0.508 e. The lowest BCUT2D eigenvalue weighted by atomic mass is 10.1. The third-order valence-electron chi connectivity index (χ3n) is 1.77. The van der Waals surface area contributed by atoms with Crippen molar-refractivity contribution in [1.29, 1.82) is 0 Å². The van der Waals surface area contributed by atoms with Gasteiger partial charge in [0.25, 0.3) is 0 Å². The van der Waals surface area contributed by atoms with Crippen molar-refractivity contribution in [1.82, 2.24) is 0 Å². The van der Waals surface area contributed by atoms with Crippen LogP contribution in [-0.4, -0.2) is 22.3 Å². The van der Waals surface area contributed by atoms with E-state index in [2.05, 4.69) is 0 Å². The Morgan fingerprint density at radius 3 is 2.67 bits per heavy atom. The molecule has 1 aromatic rings. The van der Waals surface area contributed by atoms with E-state index in [0.717, 1.165) is 0 Å². The molecule has 0 spiro atoms. The maximum Gasteiger partial charge on any atom is 0.310 e. The first kappa shape index (κ1) is 11.4. The average Bonchev–Trinajstić information content (AvgIpc) is 2.10. The van der Waals surface area contributed by atoms with E-state index in [4.69, 9.17) is 9.84 Å². The van der Waals surface area contributed by atoms with Crippen molar-refractivity contribution >= 4 is 5.97 Å². The highest BCUT2D eigenvalue weighted by Gasteiger charge is 2.10. The molecule has 0 aliphatic heterocycles. The van der Waals surface area contributed by atoms with Crippen molar-refractivity contribution in [3.8, 4) is 11.5 Å². The first-order valence-corrected chi connectivity index (χ1v) is 4.69. The Labute approximate surface area is 88.1 Å². The van der Waals surface area contributed by atoms with E-state index in [1.165, 1.54) is 18.2 Å². The zero-order chi connectivity index (χ0) is 11.4. The number of benzene rings is 1. The van der Waals surface area contributed by atoms with Crippen LogP contribution in [-0.2, 0) is 16.0 Å². The summed E-state index contributed by atoms with van der Waals surface area (Å²) in [5.74, 6) is -0.431. The number of rotatable bonds is 3. The third-order valence-corrected chi connectivity index (χ3v) is 1.77. The van der Waals surface area contributed by atoms with Crippen molar-refractivity contribution in [2.24, 2.45) is 0 Å². The van der Waals surface area contributed by atoms with Crippen LogP contribution in [0.2, 0.25) is 0 Å². The van der Waals surface area contributed by atoms with E-state index in [1.807, 2.05) is 0 Å². The van der Waals surface area contributed by atoms with Gasteiger partial charge in [-0.05, 0) is 32.0 Å². The Kier molecular flexibility index (Phi) is 3.55. The molecule has 0 aliphatic carbocycles. The van der Waals surface area contributed by atoms with Gasteiger partial charge in [0.05, 0.1) is 12.5 Å². The lowest BCUT2D eigenvalue weighted by Crippen LogP contribution is -2.13. The summed E-state index contributed by atoms with van der Waals surface area (Å²) in [5, 5.41) is 18.6. The van der Waals surface area contributed by atoms with Crippen LogP contribution in [0.4, 0.5) is 0 Å². The van der Waals surface area contributed by atoms with E-state index in [1.54, 1.807) is 13.8 Å². The molecule has 0 saturated heterocycles. The minimum absolute atomic E-state index is 0.0140. The molecule has 0 atom stereocenters. The molecule has 0 radical (unpaired) electrons. The maximum absolute atomic E-state index is 11.3. The number of phenolic OH excluding ortho intramolecular Hbond substituents is 2. The van der Waals surface area contributed by atoms with Crippen LogP contribution in [0, 0.1) is 0 Å². The van der Waals surface area contributed by atoms with E-state index in [-0.39, 0.29) is 24.0 Å². The molecular formula is C11H14O4. The van der Waals surface area contributed by atoms with Crippen LogP contribution < -0.4 is 0 Å². The lowest BCUT2D eigenvalue weighted by molar-refractivity contribution is -0.146. The molecule has 0 bridgehead atoms. The number of aromatic hydroxyl groups is 2. The fourth-order valence-corrected chi connectivity index (χ4v) is 1.17. The Hall–Kier alpha value is -1.71. The van der Waals surface area contributed by atoms with E-state index in [0.29, 0.717) is 5.56 Å². The summed E-state index contributed by atoms with van der Waals surface area (Å²) in [6.07, 6.45) is -0.227. The minimum atomic E-state index is -0.425. The molecule has 0 aromatic heterocycles. The van der Waals surface area contributed by atoms with Gasteiger partial charge in [-0.15, -0.1) is 0 Å². The van der Waals surface area contributed by atoms with Gasteiger partial charge in [0.2, 0.25) is 0 Å². The van der Waals surface area contributed by atoms with Gasteiger partial charge in [-0.3, -0.25) is 4.79 Å². The lowest BCUT2D eigenvalue weighted by Gasteiger charge is -2.08. The second kappa shape index (κ2) is 4.68. The monoisotopic (exact) mass is 210 g/mol. The molecule has 2 N–H and O–H groups in total. The summed E-state index contributed by atoms with van der Waals surface area (Å²) in [6.45, 7) is 3.50. The van der Waals surface area contributed by atoms with Gasteiger partial charge < -0.3 is 14.9 Å². The van der Waals surface area contributed by atoms with Gasteiger partial charge in [0.1, 0.15) is 11.5 Å². The zero-order valence-electron chi connectivity index (χ0n) is 8.73. The first-order chi connectivity index (χ1) is 6.99. The highest BCUT2D eigenvalue weighted by atomic mass is 16.5. The number of carbonyl (C=O) groups is 1. The van der Waals surface area contributed by atoms with Crippen molar-refractivity contribution in [2.75, 3.05) is 0 Å². The molecule has 0 saturated carbocycles. The van der Waals surface area contributed by atoms with E-state index < -0.39 is 5.97 Å². The third kappa shape index (κ3) is 3.50. The van der Waals surface area contributed by atoms with Gasteiger partial charge >= 0.3 is 5.97 Å². The Morgan fingerprint density at radius 2 is 2.07 bits per heavy atom. The van der Waals surface area contributed by atoms with Crippen LogP contribution in [0.25, 0.3) is 0 Å². The molecule has 0 amide bonds. The molecule has 4 nitrogen and oxygen atoms in total. The number of hydrogen-bond acceptors (Lipinski definition) is 4. The number of phenols is 2. The fourth-order valence-electron chi connectivity index (χ4n) is 1.17. The van der Waals surface area contributed by atoms with Crippen LogP contribution in [0.15, 0.2) is 18.2 Å². The molecule has 0 fully saturated rings. The predicted molar refractivity (Wildman–Crippen MR) is 54.7 cm³/mol. The summed E-state index contributed by atoms with van der Waals surface area (Å²) in [4.78, 5) is 11.3. The topological polar surface area (TPSA) is 66.8 Å². The van der Waals surface area contributed by atoms with Crippen molar-refractivity contribution < 1.29 is 19.7 Å². The second-order valence-corrected chi connectivity index (χ2v) is 3.53. The molecule has 0 unspecified atom stereocenters. The molecule has 15 heavy (non-hydrogen) atoms. The summed E-state index contributed by atoms with van der Waals surface area (Å²) >= 11 is 0. The highest BCUT2D eigenvalue weighted by Crippen LogP contribution is 2.22. The first-order valence-electron chi connectivity index (χ1n) is 4.69. The summed E-state index contributed by atoms with van der Waals surface area (Å²) < 4.78 is 4.92. The predicted octanol–water partition coefficient (Wildman–Crippen LogP) is 1.59. The van der Waals surface area contributed by atoms with Gasteiger partial charge in [0.15, 0.2) is 0 Å². The van der Waals surface area contributed by atoms with Crippen molar-refractivity contribution in [2.45, 2.75) is 26.4 Å². The number of hydrogen-bond donors (Lipinski definition) is 2. The second-order valence-electron chi connectivity index (χ2n) is 3.53. The van der Waals surface area contributed by atoms with Crippen molar-refractivity contribution in [3.63, 3.8) is 0 Å². The smallest absolute Gasteiger partial charge is 0.310 e. The van der Waals surface area contributed by atoms with Crippen LogP contribution in [0.5, 0.6) is 11.5 Å². The number of ether oxygens (including phenoxy) is 1. The molecule has 4 heteroatoms. The largest absolute Gasteiger partial charge is 0.508 e. The van der Waals surface area contributed by atoms with Gasteiger partial charge in [-0.25, -0.2) is 0 Å². The summed E-state index contributed by atoms with van der Waals surface area (Å²) in [5.41, 5.74) is 0.362. The quantitative estimate of drug-likeness (QED) is 0.587. The number of esters is 1. The molecule has 1 rings (SSSR count). The number of carbonyl (C=O) groups excluding carboxylic acids is 1. The normalized spacial score (nSPS) is 10.3. The standard InChI is InChI=1S/C11H14O4/c1-7(2)15-11(14)6-8-5-9(12)3-4-10(8)13/h3-5,7,12-13H,6H2,1-2H3. The van der Waals surface area contributed by atoms with Crippen molar-refractivity contribution in [3.05, 3.63) is 23.8 Å². The fraction of sp³-hybridized carbons (Fsp3) is 0.364. The van der Waals surface area contributed by atoms with E-state index in [9.17, 15) is 9.90 Å². The SMILES string of the molecule is CC(C)OC(=O)Cc1cc(O)ccc1O. The van der Waals surface area contributed by atoms with Gasteiger partial charge in [-0.1, -0.05) is 0 Å². The van der Waals surface area contributed by atoms with Crippen LogP contribution in [0.1, 0.15) is 19.4 Å². The Bertz CT molecular complexity index is 358. The Balaban J connectivity index is 2.71. The molecule has 82 valence electrons. The van der Waals surface area contributed by atoms with E-state index >= 15 is 0 Å². The van der Waals surface area contributed by atoms with Crippen LogP contribution >= 0.6 is 0 Å². The summed E-state index contributed by atoms with van der Waals surface area (Å²) in [6, 6.07) is 4.04. The summed E-state index contributed by atoms with van der Waals surface area (Å²) in [7, 11) is 0. The van der Waals surface area contributed by atoms with Gasteiger partial charge in [-0.2, -0.15) is 0 Å². The average molecular weight is 210 g/mol. The molecule has 1 aromatic carbocycles. The molecule has 0 heterocycles. The van der Waals surface area contributed by atoms with Crippen LogP contribution in [0.3, 0.4) is 0 Å². The molecular weight excluding hydrogens is 196 g/mol. The highest BCUT2D eigenvalue weighted by molar-refractivity contribution is 5.73. The zero-order valence-corrected chi connectivity index (χ0v) is 8.73. The maximum atomic E-state index is 11.3.